The van der Waals surface area contributed by atoms with E-state index in [1.54, 1.807) is 0 Å². The zero-order valence-electron chi connectivity index (χ0n) is 16.1. The molecule has 2 heterocycles. The number of hydrogen-bond donors (Lipinski definition) is 5. The molecule has 3 atom stereocenters. The number of nitrogens with zero attached hydrogens (tertiary/aromatic N) is 1. The molecule has 0 radical (unpaired) electrons. The average molecular weight is 377 g/mol. The fourth-order valence-electron chi connectivity index (χ4n) is 4.21. The summed E-state index contributed by atoms with van der Waals surface area (Å²) < 4.78 is 0. The summed E-state index contributed by atoms with van der Waals surface area (Å²) >= 11 is 0. The maximum Gasteiger partial charge on any atom is 0.451 e. The molecule has 0 saturated carbocycles. The Kier molecular flexibility index (Phi) is 8.72. The van der Waals surface area contributed by atoms with Gasteiger partial charge in [0, 0.05) is 32.2 Å². The molecule has 1 saturated heterocycles. The SMILES string of the molecule is CN.O=C(O)C1CN(CC2Cc3ccccc3CN2)CC1CCCB(O)O. The molecule has 0 aliphatic carbocycles. The number of carboxylic acids is 1. The summed E-state index contributed by atoms with van der Waals surface area (Å²) in [5, 5.41) is 31.0. The second-order valence-electron chi connectivity index (χ2n) is 7.39. The maximum atomic E-state index is 11.6. The summed E-state index contributed by atoms with van der Waals surface area (Å²) in [4.78, 5) is 13.8. The molecule has 1 aromatic carbocycles. The quantitative estimate of drug-likeness (QED) is 0.430. The molecule has 6 N–H and O–H groups in total. The van der Waals surface area contributed by atoms with Crippen LogP contribution >= 0.6 is 0 Å². The van der Waals surface area contributed by atoms with Crippen molar-refractivity contribution in [2.24, 2.45) is 17.6 Å². The second-order valence-corrected chi connectivity index (χ2v) is 7.39. The molecule has 3 unspecified atom stereocenters. The molecule has 7 nitrogen and oxygen atoms in total. The van der Waals surface area contributed by atoms with Gasteiger partial charge >= 0.3 is 13.1 Å². The molecule has 0 amide bonds. The highest BCUT2D eigenvalue weighted by Crippen LogP contribution is 2.29. The molecule has 1 fully saturated rings. The minimum absolute atomic E-state index is 0.0899. The van der Waals surface area contributed by atoms with Crippen molar-refractivity contribution in [3.05, 3.63) is 35.4 Å². The van der Waals surface area contributed by atoms with Gasteiger partial charge in [0.2, 0.25) is 0 Å². The standard InChI is InChI=1S/C18H27BN2O4.CH5N/c22-18(23)17-12-21(10-15(17)6-3-7-19(24)25)11-16-8-13-4-1-2-5-14(13)9-20-16;1-2/h1-2,4-5,15-17,20,24-25H,3,6-12H2,(H,22,23);2H2,1H3. The molecule has 0 aromatic heterocycles. The smallest absolute Gasteiger partial charge is 0.451 e. The van der Waals surface area contributed by atoms with Gasteiger partial charge in [-0.05, 0) is 43.3 Å². The topological polar surface area (TPSA) is 119 Å². The van der Waals surface area contributed by atoms with E-state index in [-0.39, 0.29) is 11.8 Å². The zero-order valence-corrected chi connectivity index (χ0v) is 16.1. The lowest BCUT2D eigenvalue weighted by Crippen LogP contribution is -2.44. The van der Waals surface area contributed by atoms with E-state index in [1.807, 2.05) is 0 Å². The van der Waals surface area contributed by atoms with Gasteiger partial charge < -0.3 is 31.1 Å². The lowest BCUT2D eigenvalue weighted by atomic mass is 9.80. The summed E-state index contributed by atoms with van der Waals surface area (Å²) in [6.45, 7) is 3.09. The lowest BCUT2D eigenvalue weighted by Gasteiger charge is -2.29. The highest BCUT2D eigenvalue weighted by atomic mass is 16.4. The number of nitrogens with one attached hydrogen (secondary N) is 1. The van der Waals surface area contributed by atoms with Crippen LogP contribution in [0.5, 0.6) is 0 Å². The summed E-state index contributed by atoms with van der Waals surface area (Å²) in [5.74, 6) is -1.00. The Morgan fingerprint density at radius 1 is 1.26 bits per heavy atom. The van der Waals surface area contributed by atoms with E-state index in [9.17, 15) is 9.90 Å². The zero-order chi connectivity index (χ0) is 19.8. The van der Waals surface area contributed by atoms with Gasteiger partial charge in [0.05, 0.1) is 5.92 Å². The van der Waals surface area contributed by atoms with E-state index < -0.39 is 13.1 Å². The number of nitrogens with two attached hydrogens (primary N) is 1. The highest BCUT2D eigenvalue weighted by molar-refractivity contribution is 6.40. The first-order chi connectivity index (χ1) is 13.0. The van der Waals surface area contributed by atoms with Gasteiger partial charge in [-0.2, -0.15) is 0 Å². The first-order valence-electron chi connectivity index (χ1n) is 9.72. The highest BCUT2D eigenvalue weighted by Gasteiger charge is 2.38. The van der Waals surface area contributed by atoms with Crippen molar-refractivity contribution in [2.75, 3.05) is 26.7 Å². The van der Waals surface area contributed by atoms with Crippen molar-refractivity contribution in [3.8, 4) is 0 Å². The molecule has 27 heavy (non-hydrogen) atoms. The number of fused-ring (bicyclic) bond motifs is 1. The van der Waals surface area contributed by atoms with E-state index >= 15 is 0 Å². The number of carbonyl (C=O) groups is 1. The fourth-order valence-corrected chi connectivity index (χ4v) is 4.21. The minimum atomic E-state index is -1.30. The number of hydrogen-bond acceptors (Lipinski definition) is 6. The summed E-state index contributed by atoms with van der Waals surface area (Å²) in [6.07, 6.45) is 2.66. The third kappa shape index (κ3) is 6.29. The predicted octanol–water partition coefficient (Wildman–Crippen LogP) is 0.161. The number of rotatable bonds is 7. The van der Waals surface area contributed by atoms with Crippen LogP contribution < -0.4 is 11.1 Å². The lowest BCUT2D eigenvalue weighted by molar-refractivity contribution is -0.142. The Labute approximate surface area is 161 Å². The van der Waals surface area contributed by atoms with Crippen LogP contribution in [0.15, 0.2) is 24.3 Å². The van der Waals surface area contributed by atoms with Gasteiger partial charge in [0.25, 0.3) is 0 Å². The molecule has 2 aliphatic rings. The van der Waals surface area contributed by atoms with E-state index in [0.717, 1.165) is 32.5 Å². The number of carboxylic acid groups (broad SMARTS) is 1. The minimum Gasteiger partial charge on any atom is -0.481 e. The van der Waals surface area contributed by atoms with Gasteiger partial charge in [-0.3, -0.25) is 4.79 Å². The Bertz CT molecular complexity index is 602. The maximum absolute atomic E-state index is 11.6. The van der Waals surface area contributed by atoms with Gasteiger partial charge in [-0.15, -0.1) is 0 Å². The Morgan fingerprint density at radius 3 is 2.63 bits per heavy atom. The molecule has 0 bridgehead atoms. The van der Waals surface area contributed by atoms with Crippen LogP contribution in [0.1, 0.15) is 24.0 Å². The van der Waals surface area contributed by atoms with Gasteiger partial charge in [-0.25, -0.2) is 0 Å². The van der Waals surface area contributed by atoms with Crippen molar-refractivity contribution in [1.82, 2.24) is 10.2 Å². The number of aliphatic carboxylic acids is 1. The van der Waals surface area contributed by atoms with Crippen molar-refractivity contribution in [1.29, 1.82) is 0 Å². The first-order valence-corrected chi connectivity index (χ1v) is 9.72. The monoisotopic (exact) mass is 377 g/mol. The summed E-state index contributed by atoms with van der Waals surface area (Å²) in [6, 6.07) is 8.81. The molecule has 0 spiro atoms. The molecule has 3 rings (SSSR count). The first kappa shape index (κ1) is 21.9. The third-order valence-corrected chi connectivity index (χ3v) is 5.52. The number of benzene rings is 1. The van der Waals surface area contributed by atoms with E-state index in [1.165, 1.54) is 18.2 Å². The Balaban J connectivity index is 0.00000126. The van der Waals surface area contributed by atoms with Crippen LogP contribution in [0.4, 0.5) is 0 Å². The molecule has 150 valence electrons. The Hall–Kier alpha value is -1.45. The van der Waals surface area contributed by atoms with Crippen LogP contribution in [0, 0.1) is 11.8 Å². The molecular weight excluding hydrogens is 345 g/mol. The van der Waals surface area contributed by atoms with Crippen LogP contribution in [0.3, 0.4) is 0 Å². The van der Waals surface area contributed by atoms with Gasteiger partial charge in [0.15, 0.2) is 0 Å². The fraction of sp³-hybridized carbons (Fsp3) is 0.632. The van der Waals surface area contributed by atoms with E-state index in [0.29, 0.717) is 25.3 Å². The average Bonchev–Trinajstić information content (AvgIpc) is 3.06. The summed E-state index contributed by atoms with van der Waals surface area (Å²) in [7, 11) is 0.201. The van der Waals surface area contributed by atoms with Crippen molar-refractivity contribution < 1.29 is 19.9 Å². The molecular formula is C19H32BN3O4. The molecule has 1 aromatic rings. The van der Waals surface area contributed by atoms with Crippen LogP contribution in [0.2, 0.25) is 6.32 Å². The predicted molar refractivity (Wildman–Crippen MR) is 106 cm³/mol. The summed E-state index contributed by atoms with van der Waals surface area (Å²) in [5.41, 5.74) is 7.23. The van der Waals surface area contributed by atoms with Crippen molar-refractivity contribution in [3.63, 3.8) is 0 Å². The van der Waals surface area contributed by atoms with E-state index in [4.69, 9.17) is 10.0 Å². The third-order valence-electron chi connectivity index (χ3n) is 5.52. The second kappa shape index (κ2) is 10.8. The van der Waals surface area contributed by atoms with Crippen molar-refractivity contribution >= 4 is 13.1 Å². The van der Waals surface area contributed by atoms with Crippen molar-refractivity contribution in [2.45, 2.75) is 38.2 Å². The largest absolute Gasteiger partial charge is 0.481 e. The normalized spacial score (nSPS) is 24.7. The van der Waals surface area contributed by atoms with Crippen LogP contribution in [0.25, 0.3) is 0 Å². The molecule has 8 heteroatoms. The van der Waals surface area contributed by atoms with E-state index in [2.05, 4.69) is 40.2 Å². The van der Waals surface area contributed by atoms with Crippen LogP contribution in [-0.2, 0) is 17.8 Å². The van der Waals surface area contributed by atoms with Gasteiger partial charge in [0.1, 0.15) is 0 Å². The Morgan fingerprint density at radius 2 is 1.96 bits per heavy atom. The number of likely N-dealkylation sites (tertiary alicyclic amines) is 1. The van der Waals surface area contributed by atoms with Crippen LogP contribution in [-0.4, -0.2) is 65.9 Å². The van der Waals surface area contributed by atoms with Gasteiger partial charge in [-0.1, -0.05) is 30.7 Å². The molecule has 2 aliphatic heterocycles.